The van der Waals surface area contributed by atoms with E-state index in [-0.39, 0.29) is 5.91 Å². The number of rotatable bonds is 4. The number of likely N-dealkylation sites (tertiary alicyclic amines) is 1. The van der Waals surface area contributed by atoms with Crippen LogP contribution >= 0.6 is 0 Å². The van der Waals surface area contributed by atoms with Crippen LogP contribution in [0.5, 0.6) is 5.75 Å². The third kappa shape index (κ3) is 4.28. The number of hydrogen-bond donors (Lipinski definition) is 0. The average molecular weight is 332 g/mol. The number of hydrogen-bond acceptors (Lipinski definition) is 4. The van der Waals surface area contributed by atoms with Crippen molar-refractivity contribution in [3.63, 3.8) is 0 Å². The second kappa shape index (κ2) is 8.49. The number of morpholine rings is 1. The summed E-state index contributed by atoms with van der Waals surface area (Å²) >= 11 is 0. The van der Waals surface area contributed by atoms with Crippen molar-refractivity contribution >= 4 is 5.91 Å². The van der Waals surface area contributed by atoms with Crippen LogP contribution in [0.25, 0.3) is 0 Å². The van der Waals surface area contributed by atoms with Gasteiger partial charge in [0.2, 0.25) is 0 Å². The predicted octanol–water partition coefficient (Wildman–Crippen LogP) is 2.27. The Morgan fingerprint density at radius 1 is 1.17 bits per heavy atom. The lowest BCUT2D eigenvalue weighted by molar-refractivity contribution is 0.0296. The van der Waals surface area contributed by atoms with Crippen LogP contribution in [0.15, 0.2) is 24.3 Å². The maximum absolute atomic E-state index is 12.8. The van der Waals surface area contributed by atoms with E-state index in [2.05, 4.69) is 4.90 Å². The van der Waals surface area contributed by atoms with Gasteiger partial charge in [0.05, 0.1) is 25.9 Å². The number of ether oxygens (including phenoxy) is 2. The van der Waals surface area contributed by atoms with Crippen molar-refractivity contribution < 1.29 is 14.3 Å². The summed E-state index contributed by atoms with van der Waals surface area (Å²) < 4.78 is 10.8. The molecule has 1 aromatic rings. The monoisotopic (exact) mass is 332 g/mol. The predicted molar refractivity (Wildman–Crippen MR) is 93.5 cm³/mol. The van der Waals surface area contributed by atoms with Gasteiger partial charge in [0.25, 0.3) is 5.91 Å². The first kappa shape index (κ1) is 17.2. The van der Waals surface area contributed by atoms with Gasteiger partial charge >= 0.3 is 0 Å². The van der Waals surface area contributed by atoms with Crippen molar-refractivity contribution in [1.82, 2.24) is 9.80 Å². The van der Waals surface area contributed by atoms with Gasteiger partial charge in [0, 0.05) is 32.7 Å². The van der Waals surface area contributed by atoms with Crippen LogP contribution in [0.4, 0.5) is 0 Å². The van der Waals surface area contributed by atoms with Crippen molar-refractivity contribution in [2.45, 2.75) is 19.3 Å². The Balaban J connectivity index is 1.57. The highest BCUT2D eigenvalue weighted by Crippen LogP contribution is 2.24. The molecule has 0 radical (unpaired) electrons. The smallest absolute Gasteiger partial charge is 0.257 e. The highest BCUT2D eigenvalue weighted by molar-refractivity contribution is 5.96. The first-order chi connectivity index (χ1) is 11.8. The van der Waals surface area contributed by atoms with Gasteiger partial charge in [-0.25, -0.2) is 0 Å². The quantitative estimate of drug-likeness (QED) is 0.848. The Hall–Kier alpha value is -1.59. The maximum Gasteiger partial charge on any atom is 0.257 e. The van der Waals surface area contributed by atoms with Crippen molar-refractivity contribution in [1.29, 1.82) is 0 Å². The fraction of sp³-hybridized carbons (Fsp3) is 0.632. The van der Waals surface area contributed by atoms with Crippen LogP contribution in [0, 0.1) is 5.92 Å². The van der Waals surface area contributed by atoms with E-state index in [4.69, 9.17) is 9.47 Å². The van der Waals surface area contributed by atoms with E-state index in [9.17, 15) is 4.79 Å². The summed E-state index contributed by atoms with van der Waals surface area (Å²) in [5.74, 6) is 1.44. The molecule has 2 aliphatic heterocycles. The van der Waals surface area contributed by atoms with Gasteiger partial charge in [-0.05, 0) is 37.3 Å². The van der Waals surface area contributed by atoms with Crippen LogP contribution in [0.3, 0.4) is 0 Å². The summed E-state index contributed by atoms with van der Waals surface area (Å²) in [5, 5.41) is 0. The van der Waals surface area contributed by atoms with E-state index < -0.39 is 0 Å². The van der Waals surface area contributed by atoms with E-state index in [1.807, 2.05) is 29.2 Å². The summed E-state index contributed by atoms with van der Waals surface area (Å²) in [6, 6.07) is 7.51. The number of benzene rings is 1. The van der Waals surface area contributed by atoms with E-state index in [1.54, 1.807) is 7.11 Å². The molecule has 0 aliphatic carbocycles. The zero-order valence-electron chi connectivity index (χ0n) is 14.6. The molecule has 0 spiro atoms. The summed E-state index contributed by atoms with van der Waals surface area (Å²) in [4.78, 5) is 17.4. The SMILES string of the molecule is COc1ccccc1C(=O)N1CCCC(CN2CCOCC2)CC1. The van der Waals surface area contributed by atoms with Gasteiger partial charge in [-0.2, -0.15) is 0 Å². The molecule has 1 atom stereocenters. The minimum Gasteiger partial charge on any atom is -0.496 e. The van der Waals surface area contributed by atoms with E-state index in [1.165, 1.54) is 6.42 Å². The molecule has 1 aromatic carbocycles. The van der Waals surface area contributed by atoms with Crippen LogP contribution < -0.4 is 4.74 Å². The molecule has 5 heteroatoms. The normalized spacial score (nSPS) is 22.9. The van der Waals surface area contributed by atoms with Crippen molar-refractivity contribution in [2.75, 3.05) is 53.0 Å². The Morgan fingerprint density at radius 2 is 1.96 bits per heavy atom. The van der Waals surface area contributed by atoms with Gasteiger partial charge in [-0.15, -0.1) is 0 Å². The summed E-state index contributed by atoms with van der Waals surface area (Å²) in [5.41, 5.74) is 0.673. The fourth-order valence-electron chi connectivity index (χ4n) is 3.69. The Bertz CT molecular complexity index is 543. The first-order valence-corrected chi connectivity index (χ1v) is 9.00. The molecule has 3 rings (SSSR count). The van der Waals surface area contributed by atoms with Gasteiger partial charge in [-0.1, -0.05) is 12.1 Å². The number of carbonyl (C=O) groups excluding carboxylic acids is 1. The average Bonchev–Trinajstić information content (AvgIpc) is 2.87. The molecule has 2 fully saturated rings. The number of nitrogens with zero attached hydrogens (tertiary/aromatic N) is 2. The highest BCUT2D eigenvalue weighted by Gasteiger charge is 2.25. The van der Waals surface area contributed by atoms with Gasteiger partial charge in [0.1, 0.15) is 5.75 Å². The summed E-state index contributed by atoms with van der Waals surface area (Å²) in [6.07, 6.45) is 3.36. The first-order valence-electron chi connectivity index (χ1n) is 9.00. The largest absolute Gasteiger partial charge is 0.496 e. The van der Waals surface area contributed by atoms with E-state index >= 15 is 0 Å². The molecular weight excluding hydrogens is 304 g/mol. The van der Waals surface area contributed by atoms with Crippen LogP contribution in [-0.2, 0) is 4.74 Å². The molecule has 132 valence electrons. The third-order valence-electron chi connectivity index (χ3n) is 5.09. The lowest BCUT2D eigenvalue weighted by Crippen LogP contribution is -2.39. The zero-order valence-corrected chi connectivity index (χ0v) is 14.6. The molecule has 5 nitrogen and oxygen atoms in total. The highest BCUT2D eigenvalue weighted by atomic mass is 16.5. The molecule has 2 aliphatic rings. The second-order valence-corrected chi connectivity index (χ2v) is 6.70. The topological polar surface area (TPSA) is 42.0 Å². The van der Waals surface area contributed by atoms with E-state index in [0.717, 1.165) is 58.8 Å². The Labute approximate surface area is 144 Å². The third-order valence-corrected chi connectivity index (χ3v) is 5.09. The molecule has 1 amide bonds. The standard InChI is InChI=1S/C19H28N2O3/c1-23-18-7-3-2-6-17(18)19(22)21-9-4-5-16(8-10-21)15-20-11-13-24-14-12-20/h2-3,6-7,16H,4-5,8-15H2,1H3. The lowest BCUT2D eigenvalue weighted by Gasteiger charge is -2.30. The molecule has 0 aromatic heterocycles. The number of methoxy groups -OCH3 is 1. The Morgan fingerprint density at radius 3 is 2.75 bits per heavy atom. The van der Waals surface area contributed by atoms with Gasteiger partial charge in [0.15, 0.2) is 0 Å². The van der Waals surface area contributed by atoms with Crippen LogP contribution in [0.2, 0.25) is 0 Å². The van der Waals surface area contributed by atoms with Crippen LogP contribution in [-0.4, -0.2) is 68.8 Å². The molecule has 24 heavy (non-hydrogen) atoms. The van der Waals surface area contributed by atoms with Crippen molar-refractivity contribution in [2.24, 2.45) is 5.92 Å². The summed E-state index contributed by atoms with van der Waals surface area (Å²) in [6.45, 7) is 6.61. The number of para-hydroxylation sites is 1. The number of carbonyl (C=O) groups is 1. The minimum absolute atomic E-state index is 0.0967. The molecule has 2 heterocycles. The molecule has 0 saturated carbocycles. The molecule has 0 N–H and O–H groups in total. The van der Waals surface area contributed by atoms with Gasteiger partial charge in [-0.3, -0.25) is 9.69 Å². The fourth-order valence-corrected chi connectivity index (χ4v) is 3.69. The van der Waals surface area contributed by atoms with Crippen molar-refractivity contribution in [3.05, 3.63) is 29.8 Å². The van der Waals surface area contributed by atoms with Gasteiger partial charge < -0.3 is 14.4 Å². The van der Waals surface area contributed by atoms with E-state index in [0.29, 0.717) is 17.2 Å². The molecule has 2 saturated heterocycles. The minimum atomic E-state index is 0.0967. The molecular formula is C19H28N2O3. The molecule has 0 bridgehead atoms. The molecule has 1 unspecified atom stereocenters. The maximum atomic E-state index is 12.8. The lowest BCUT2D eigenvalue weighted by atomic mass is 10.00. The van der Waals surface area contributed by atoms with Crippen molar-refractivity contribution in [3.8, 4) is 5.75 Å². The van der Waals surface area contributed by atoms with Crippen LogP contribution in [0.1, 0.15) is 29.6 Å². The zero-order chi connectivity index (χ0) is 16.8. The number of amides is 1. The second-order valence-electron chi connectivity index (χ2n) is 6.70. The Kier molecular flexibility index (Phi) is 6.10. The summed E-state index contributed by atoms with van der Waals surface area (Å²) in [7, 11) is 1.62.